The second-order valence-electron chi connectivity index (χ2n) is 7.36. The zero-order valence-corrected chi connectivity index (χ0v) is 17.2. The van der Waals surface area contributed by atoms with E-state index in [0.29, 0.717) is 18.7 Å². The lowest BCUT2D eigenvalue weighted by atomic mass is 9.98. The van der Waals surface area contributed by atoms with Gasteiger partial charge in [-0.2, -0.15) is 0 Å². The van der Waals surface area contributed by atoms with Gasteiger partial charge in [-0.25, -0.2) is 0 Å². The molecule has 0 saturated carbocycles. The SMILES string of the molecule is COc1cc2c(cc1OC)CN(CC(=O)N[C@@H](Cc1ccccc1)C(C)=O)CC2. The molecule has 0 spiro atoms. The minimum absolute atomic E-state index is 0.0389. The monoisotopic (exact) mass is 396 g/mol. The molecule has 0 unspecified atom stereocenters. The maximum absolute atomic E-state index is 12.6. The molecule has 6 heteroatoms. The molecule has 2 aromatic carbocycles. The smallest absolute Gasteiger partial charge is 0.234 e. The summed E-state index contributed by atoms with van der Waals surface area (Å²) in [6.07, 6.45) is 1.34. The summed E-state index contributed by atoms with van der Waals surface area (Å²) in [5.41, 5.74) is 3.38. The van der Waals surface area contributed by atoms with Gasteiger partial charge in [-0.05, 0) is 48.6 Å². The molecule has 0 aliphatic carbocycles. The van der Waals surface area contributed by atoms with Crippen molar-refractivity contribution >= 4 is 11.7 Å². The summed E-state index contributed by atoms with van der Waals surface area (Å²) in [5.74, 6) is 1.24. The number of hydrogen-bond acceptors (Lipinski definition) is 5. The van der Waals surface area contributed by atoms with Gasteiger partial charge in [0, 0.05) is 13.1 Å². The summed E-state index contributed by atoms with van der Waals surface area (Å²) in [7, 11) is 3.25. The molecule has 1 atom stereocenters. The molecule has 0 radical (unpaired) electrons. The standard InChI is InChI=1S/C23H28N2O4/c1-16(26)20(11-17-7-5-4-6-8-17)24-23(27)15-25-10-9-18-12-21(28-2)22(29-3)13-19(18)14-25/h4-8,12-13,20H,9-11,14-15H2,1-3H3,(H,24,27)/t20-/m0/s1. The summed E-state index contributed by atoms with van der Waals surface area (Å²) in [5, 5.41) is 2.90. The summed E-state index contributed by atoms with van der Waals surface area (Å²) in [6, 6.07) is 13.2. The van der Waals surface area contributed by atoms with E-state index in [4.69, 9.17) is 9.47 Å². The molecular weight excluding hydrogens is 368 g/mol. The third-order valence-corrected chi connectivity index (χ3v) is 5.27. The molecule has 0 saturated heterocycles. The Morgan fingerprint density at radius 3 is 2.34 bits per heavy atom. The molecule has 0 fully saturated rings. The van der Waals surface area contributed by atoms with Crippen LogP contribution in [0.4, 0.5) is 0 Å². The largest absolute Gasteiger partial charge is 0.493 e. The molecule has 1 amide bonds. The van der Waals surface area contributed by atoms with E-state index in [0.717, 1.165) is 29.8 Å². The van der Waals surface area contributed by atoms with E-state index in [9.17, 15) is 9.59 Å². The van der Waals surface area contributed by atoms with Crippen LogP contribution in [0.25, 0.3) is 0 Å². The number of nitrogens with one attached hydrogen (secondary N) is 1. The maximum Gasteiger partial charge on any atom is 0.234 e. The van der Waals surface area contributed by atoms with Crippen LogP contribution in [-0.2, 0) is 29.0 Å². The molecule has 1 aliphatic heterocycles. The fourth-order valence-electron chi connectivity index (χ4n) is 3.67. The minimum Gasteiger partial charge on any atom is -0.493 e. The summed E-state index contributed by atoms with van der Waals surface area (Å²) in [6.45, 7) is 3.21. The Morgan fingerprint density at radius 1 is 1.07 bits per heavy atom. The minimum atomic E-state index is -0.508. The Labute approximate surface area is 171 Å². The fourth-order valence-corrected chi connectivity index (χ4v) is 3.67. The highest BCUT2D eigenvalue weighted by Gasteiger charge is 2.23. The van der Waals surface area contributed by atoms with E-state index < -0.39 is 6.04 Å². The van der Waals surface area contributed by atoms with Crippen LogP contribution in [0, 0.1) is 0 Å². The van der Waals surface area contributed by atoms with Crippen molar-refractivity contribution in [3.05, 3.63) is 59.2 Å². The zero-order valence-electron chi connectivity index (χ0n) is 17.2. The van der Waals surface area contributed by atoms with Gasteiger partial charge in [-0.1, -0.05) is 30.3 Å². The Bertz CT molecular complexity index is 867. The molecule has 29 heavy (non-hydrogen) atoms. The fraction of sp³-hybridized carbons (Fsp3) is 0.391. The van der Waals surface area contributed by atoms with Crippen LogP contribution in [0.2, 0.25) is 0 Å². The van der Waals surface area contributed by atoms with Crippen LogP contribution < -0.4 is 14.8 Å². The van der Waals surface area contributed by atoms with E-state index in [1.165, 1.54) is 12.5 Å². The van der Waals surface area contributed by atoms with Crippen molar-refractivity contribution in [1.82, 2.24) is 10.2 Å². The van der Waals surface area contributed by atoms with Crippen molar-refractivity contribution < 1.29 is 19.1 Å². The van der Waals surface area contributed by atoms with Crippen LogP contribution in [0.15, 0.2) is 42.5 Å². The van der Waals surface area contributed by atoms with Crippen LogP contribution in [0.5, 0.6) is 11.5 Å². The van der Waals surface area contributed by atoms with Crippen LogP contribution in [0.1, 0.15) is 23.6 Å². The van der Waals surface area contributed by atoms with Crippen LogP contribution in [0.3, 0.4) is 0 Å². The molecule has 0 bridgehead atoms. The van der Waals surface area contributed by atoms with E-state index in [1.54, 1.807) is 14.2 Å². The molecular formula is C23H28N2O4. The number of carbonyl (C=O) groups is 2. The lowest BCUT2D eigenvalue weighted by Gasteiger charge is -2.29. The number of methoxy groups -OCH3 is 2. The Kier molecular flexibility index (Phi) is 6.88. The van der Waals surface area contributed by atoms with Crippen molar-refractivity contribution in [2.45, 2.75) is 32.4 Å². The van der Waals surface area contributed by atoms with Gasteiger partial charge in [0.25, 0.3) is 0 Å². The molecule has 6 nitrogen and oxygen atoms in total. The average molecular weight is 396 g/mol. The second-order valence-corrected chi connectivity index (χ2v) is 7.36. The van der Waals surface area contributed by atoms with Crippen molar-refractivity contribution in [3.63, 3.8) is 0 Å². The van der Waals surface area contributed by atoms with Crippen molar-refractivity contribution in [3.8, 4) is 11.5 Å². The topological polar surface area (TPSA) is 67.9 Å². The summed E-state index contributed by atoms with van der Waals surface area (Å²) in [4.78, 5) is 26.7. The summed E-state index contributed by atoms with van der Waals surface area (Å²) >= 11 is 0. The highest BCUT2D eigenvalue weighted by Crippen LogP contribution is 2.33. The second kappa shape index (κ2) is 9.56. The number of amides is 1. The van der Waals surface area contributed by atoms with Gasteiger partial charge in [0.2, 0.25) is 5.91 Å². The van der Waals surface area contributed by atoms with Gasteiger partial charge in [-0.3, -0.25) is 14.5 Å². The van der Waals surface area contributed by atoms with Gasteiger partial charge in [0.1, 0.15) is 0 Å². The number of fused-ring (bicyclic) bond motifs is 1. The normalized spacial score (nSPS) is 14.6. The van der Waals surface area contributed by atoms with Crippen molar-refractivity contribution in [1.29, 1.82) is 0 Å². The van der Waals surface area contributed by atoms with Crippen molar-refractivity contribution in [2.75, 3.05) is 27.3 Å². The molecule has 3 rings (SSSR count). The first-order valence-corrected chi connectivity index (χ1v) is 9.80. The van der Waals surface area contributed by atoms with Crippen LogP contribution >= 0.6 is 0 Å². The highest BCUT2D eigenvalue weighted by molar-refractivity contribution is 5.88. The van der Waals surface area contributed by atoms with Gasteiger partial charge in [0.05, 0.1) is 26.8 Å². The molecule has 2 aromatic rings. The maximum atomic E-state index is 12.6. The first-order valence-electron chi connectivity index (χ1n) is 9.80. The number of hydrogen-bond donors (Lipinski definition) is 1. The third kappa shape index (κ3) is 5.35. The van der Waals surface area contributed by atoms with Crippen LogP contribution in [-0.4, -0.2) is 49.9 Å². The predicted octanol–water partition coefficient (Wildman–Crippen LogP) is 2.38. The van der Waals surface area contributed by atoms with E-state index in [-0.39, 0.29) is 18.2 Å². The van der Waals surface area contributed by atoms with Gasteiger partial charge >= 0.3 is 0 Å². The number of carbonyl (C=O) groups excluding carboxylic acids is 2. The number of ketones is 1. The van der Waals surface area contributed by atoms with Gasteiger partial charge < -0.3 is 14.8 Å². The average Bonchev–Trinajstić information content (AvgIpc) is 2.72. The Balaban J connectivity index is 1.61. The van der Waals surface area contributed by atoms with Gasteiger partial charge in [0.15, 0.2) is 17.3 Å². The lowest BCUT2D eigenvalue weighted by Crippen LogP contribution is -2.46. The first kappa shape index (κ1) is 20.9. The molecule has 154 valence electrons. The zero-order chi connectivity index (χ0) is 20.8. The molecule has 1 N–H and O–H groups in total. The molecule has 0 aromatic heterocycles. The lowest BCUT2D eigenvalue weighted by molar-refractivity contribution is -0.127. The summed E-state index contributed by atoms with van der Waals surface area (Å²) < 4.78 is 10.8. The van der Waals surface area contributed by atoms with Gasteiger partial charge in [-0.15, -0.1) is 0 Å². The Morgan fingerprint density at radius 2 is 1.72 bits per heavy atom. The van der Waals surface area contributed by atoms with E-state index >= 15 is 0 Å². The Hall–Kier alpha value is -2.86. The predicted molar refractivity (Wildman–Crippen MR) is 111 cm³/mol. The molecule has 1 heterocycles. The van der Waals surface area contributed by atoms with E-state index in [2.05, 4.69) is 10.2 Å². The number of ether oxygens (including phenoxy) is 2. The number of nitrogens with zero attached hydrogens (tertiary/aromatic N) is 1. The number of rotatable bonds is 8. The molecule has 1 aliphatic rings. The third-order valence-electron chi connectivity index (χ3n) is 5.27. The highest BCUT2D eigenvalue weighted by atomic mass is 16.5. The quantitative estimate of drug-likeness (QED) is 0.742. The number of benzene rings is 2. The first-order chi connectivity index (χ1) is 14.0. The van der Waals surface area contributed by atoms with Crippen molar-refractivity contribution in [2.24, 2.45) is 0 Å². The van der Waals surface area contributed by atoms with E-state index in [1.807, 2.05) is 42.5 Å². The number of Topliss-reactive ketones (excluding diaryl/α,β-unsaturated/α-hetero) is 1.